The molecule has 0 aliphatic rings. The first-order valence-corrected chi connectivity index (χ1v) is 9.78. The van der Waals surface area contributed by atoms with Gasteiger partial charge in [0.05, 0.1) is 11.3 Å². The van der Waals surface area contributed by atoms with Gasteiger partial charge in [0.2, 0.25) is 0 Å². The minimum Gasteiger partial charge on any atom is -0.484 e. The summed E-state index contributed by atoms with van der Waals surface area (Å²) in [6, 6.07) is 15.8. The molecule has 9 heteroatoms. The van der Waals surface area contributed by atoms with Gasteiger partial charge in [0.25, 0.3) is 11.8 Å². The Labute approximate surface area is 187 Å². The fourth-order valence-electron chi connectivity index (χ4n) is 2.81. The fourth-order valence-corrected chi connectivity index (χ4v) is 2.99. The van der Waals surface area contributed by atoms with Gasteiger partial charge in [0, 0.05) is 16.3 Å². The molecule has 166 valence electrons. The summed E-state index contributed by atoms with van der Waals surface area (Å²) in [6.45, 7) is 1.28. The Hall–Kier alpha value is -3.52. The van der Waals surface area contributed by atoms with E-state index < -0.39 is 24.3 Å². The second-order valence-electron chi connectivity index (χ2n) is 6.77. The quantitative estimate of drug-likeness (QED) is 0.476. The molecular formula is C23H18ClF3N2O3. The van der Waals surface area contributed by atoms with Crippen LogP contribution in [0.4, 0.5) is 24.5 Å². The molecule has 3 aromatic rings. The molecule has 0 radical (unpaired) electrons. The zero-order valence-electron chi connectivity index (χ0n) is 16.8. The molecule has 5 nitrogen and oxygen atoms in total. The van der Waals surface area contributed by atoms with Crippen LogP contribution in [0.5, 0.6) is 5.75 Å². The molecule has 0 heterocycles. The van der Waals surface area contributed by atoms with Gasteiger partial charge in [-0.1, -0.05) is 29.8 Å². The first kappa shape index (κ1) is 23.1. The number of anilines is 2. The minimum atomic E-state index is -4.59. The van der Waals surface area contributed by atoms with Crippen molar-refractivity contribution >= 4 is 34.8 Å². The number of benzene rings is 3. The zero-order valence-corrected chi connectivity index (χ0v) is 17.6. The van der Waals surface area contributed by atoms with Crippen molar-refractivity contribution in [2.45, 2.75) is 13.1 Å². The SMILES string of the molecule is Cc1c(Cl)cccc1NC(=O)c1ccc(OCC(=O)Nc2ccccc2C(F)(F)F)cc1. The summed E-state index contributed by atoms with van der Waals surface area (Å²) >= 11 is 6.05. The third-order valence-corrected chi connectivity index (χ3v) is 4.92. The lowest BCUT2D eigenvalue weighted by Crippen LogP contribution is -2.22. The topological polar surface area (TPSA) is 67.4 Å². The van der Waals surface area contributed by atoms with E-state index >= 15 is 0 Å². The van der Waals surface area contributed by atoms with E-state index in [1.807, 2.05) is 0 Å². The number of hydrogen-bond donors (Lipinski definition) is 2. The van der Waals surface area contributed by atoms with Crippen molar-refractivity contribution in [3.8, 4) is 5.75 Å². The second-order valence-corrected chi connectivity index (χ2v) is 7.18. The largest absolute Gasteiger partial charge is 0.484 e. The predicted molar refractivity (Wildman–Crippen MR) is 116 cm³/mol. The third kappa shape index (κ3) is 5.79. The normalized spacial score (nSPS) is 11.0. The molecule has 3 rings (SSSR count). The number of para-hydroxylation sites is 1. The number of alkyl halides is 3. The standard InChI is InChI=1S/C23H18ClF3N2O3/c1-14-18(24)6-4-8-19(14)29-22(31)15-9-11-16(12-10-15)32-13-21(30)28-20-7-3-2-5-17(20)23(25,26)27/h2-12H,13H2,1H3,(H,28,30)(H,29,31). The Balaban J connectivity index is 1.58. The lowest BCUT2D eigenvalue weighted by molar-refractivity contribution is -0.137. The minimum absolute atomic E-state index is 0.278. The number of ether oxygens (including phenoxy) is 1. The molecule has 32 heavy (non-hydrogen) atoms. The number of halogens is 4. The molecule has 0 aliphatic heterocycles. The molecular weight excluding hydrogens is 445 g/mol. The number of rotatable bonds is 6. The van der Waals surface area contributed by atoms with E-state index in [1.165, 1.54) is 36.4 Å². The van der Waals surface area contributed by atoms with E-state index in [0.717, 1.165) is 17.7 Å². The third-order valence-electron chi connectivity index (χ3n) is 4.51. The first-order valence-electron chi connectivity index (χ1n) is 9.40. The highest BCUT2D eigenvalue weighted by Gasteiger charge is 2.33. The summed E-state index contributed by atoms with van der Waals surface area (Å²) in [5.41, 5.74) is 0.370. The van der Waals surface area contributed by atoms with Crippen LogP contribution in [0.2, 0.25) is 5.02 Å². The molecule has 0 bridgehead atoms. The van der Waals surface area contributed by atoms with Crippen molar-refractivity contribution in [2.75, 3.05) is 17.2 Å². The molecule has 0 aromatic heterocycles. The van der Waals surface area contributed by atoms with Crippen molar-refractivity contribution in [3.63, 3.8) is 0 Å². The zero-order chi connectivity index (χ0) is 23.3. The van der Waals surface area contributed by atoms with E-state index in [9.17, 15) is 22.8 Å². The maximum Gasteiger partial charge on any atom is 0.418 e. The average Bonchev–Trinajstić information content (AvgIpc) is 2.75. The smallest absolute Gasteiger partial charge is 0.418 e. The Kier molecular flexibility index (Phi) is 7.05. The Morgan fingerprint density at radius 2 is 1.56 bits per heavy atom. The van der Waals surface area contributed by atoms with Gasteiger partial charge in [0.15, 0.2) is 6.61 Å². The molecule has 0 saturated carbocycles. The van der Waals surface area contributed by atoms with Crippen molar-refractivity contribution in [2.24, 2.45) is 0 Å². The summed E-state index contributed by atoms with van der Waals surface area (Å²) in [7, 11) is 0. The van der Waals surface area contributed by atoms with Crippen LogP contribution < -0.4 is 15.4 Å². The van der Waals surface area contributed by atoms with Gasteiger partial charge in [-0.05, 0) is 61.0 Å². The van der Waals surface area contributed by atoms with Crippen LogP contribution in [-0.2, 0) is 11.0 Å². The van der Waals surface area contributed by atoms with Gasteiger partial charge in [-0.3, -0.25) is 9.59 Å². The van der Waals surface area contributed by atoms with Gasteiger partial charge >= 0.3 is 6.18 Å². The van der Waals surface area contributed by atoms with Crippen molar-refractivity contribution < 1.29 is 27.5 Å². The van der Waals surface area contributed by atoms with Crippen LogP contribution in [0.1, 0.15) is 21.5 Å². The average molecular weight is 463 g/mol. The van der Waals surface area contributed by atoms with Gasteiger partial charge in [-0.25, -0.2) is 0 Å². The summed E-state index contributed by atoms with van der Waals surface area (Å²) in [5.74, 6) is -0.830. The molecule has 0 atom stereocenters. The Morgan fingerprint density at radius 1 is 0.906 bits per heavy atom. The van der Waals surface area contributed by atoms with Crippen LogP contribution >= 0.6 is 11.6 Å². The number of carbonyl (C=O) groups excluding carboxylic acids is 2. The number of amides is 2. The monoisotopic (exact) mass is 462 g/mol. The van der Waals surface area contributed by atoms with Crippen LogP contribution in [0.25, 0.3) is 0 Å². The number of hydrogen-bond acceptors (Lipinski definition) is 3. The maximum absolute atomic E-state index is 13.0. The highest BCUT2D eigenvalue weighted by molar-refractivity contribution is 6.31. The predicted octanol–water partition coefficient (Wildman–Crippen LogP) is 5.94. The molecule has 0 aliphatic carbocycles. The van der Waals surface area contributed by atoms with Crippen molar-refractivity contribution in [3.05, 3.63) is 88.4 Å². The van der Waals surface area contributed by atoms with E-state index in [2.05, 4.69) is 10.6 Å². The van der Waals surface area contributed by atoms with Crippen LogP contribution in [0.15, 0.2) is 66.7 Å². The fraction of sp³-hybridized carbons (Fsp3) is 0.130. The molecule has 2 amide bonds. The number of nitrogens with one attached hydrogen (secondary N) is 2. The van der Waals surface area contributed by atoms with Crippen LogP contribution in [-0.4, -0.2) is 18.4 Å². The van der Waals surface area contributed by atoms with Crippen molar-refractivity contribution in [1.82, 2.24) is 0 Å². The van der Waals surface area contributed by atoms with Crippen LogP contribution in [0.3, 0.4) is 0 Å². The van der Waals surface area contributed by atoms with E-state index in [0.29, 0.717) is 16.3 Å². The van der Waals surface area contributed by atoms with Gasteiger partial charge in [-0.2, -0.15) is 13.2 Å². The summed E-state index contributed by atoms with van der Waals surface area (Å²) in [6.07, 6.45) is -4.59. The second kappa shape index (κ2) is 9.74. The molecule has 3 aromatic carbocycles. The number of carbonyl (C=O) groups is 2. The van der Waals surface area contributed by atoms with Crippen molar-refractivity contribution in [1.29, 1.82) is 0 Å². The lowest BCUT2D eigenvalue weighted by Gasteiger charge is -2.14. The van der Waals surface area contributed by atoms with Gasteiger partial charge in [0.1, 0.15) is 5.75 Å². The van der Waals surface area contributed by atoms with E-state index in [1.54, 1.807) is 25.1 Å². The highest BCUT2D eigenvalue weighted by atomic mass is 35.5. The molecule has 0 unspecified atom stereocenters. The molecule has 0 saturated heterocycles. The highest BCUT2D eigenvalue weighted by Crippen LogP contribution is 2.34. The van der Waals surface area contributed by atoms with Crippen LogP contribution in [0, 0.1) is 6.92 Å². The van der Waals surface area contributed by atoms with E-state index in [4.69, 9.17) is 16.3 Å². The first-order chi connectivity index (χ1) is 15.1. The summed E-state index contributed by atoms with van der Waals surface area (Å²) in [4.78, 5) is 24.4. The van der Waals surface area contributed by atoms with Gasteiger partial charge < -0.3 is 15.4 Å². The molecule has 0 fully saturated rings. The van der Waals surface area contributed by atoms with E-state index in [-0.39, 0.29) is 17.3 Å². The Bertz CT molecular complexity index is 1130. The van der Waals surface area contributed by atoms with Gasteiger partial charge in [-0.15, -0.1) is 0 Å². The molecule has 0 spiro atoms. The Morgan fingerprint density at radius 3 is 2.25 bits per heavy atom. The maximum atomic E-state index is 13.0. The molecule has 2 N–H and O–H groups in total. The lowest BCUT2D eigenvalue weighted by atomic mass is 10.1. The summed E-state index contributed by atoms with van der Waals surface area (Å²) < 4.78 is 44.3. The summed E-state index contributed by atoms with van der Waals surface area (Å²) in [5, 5.41) is 5.49.